The zero-order valence-electron chi connectivity index (χ0n) is 12.3. The second-order valence-electron chi connectivity index (χ2n) is 6.15. The fourth-order valence-corrected chi connectivity index (χ4v) is 2.32. The van der Waals surface area contributed by atoms with Crippen LogP contribution in [0.15, 0.2) is 12.1 Å². The van der Waals surface area contributed by atoms with Crippen molar-refractivity contribution in [2.24, 2.45) is 5.41 Å². The molecule has 3 N–H and O–H groups in total. The van der Waals surface area contributed by atoms with E-state index in [1.165, 1.54) is 0 Å². The van der Waals surface area contributed by atoms with E-state index in [9.17, 15) is 5.11 Å². The molecule has 5 nitrogen and oxygen atoms in total. The molecule has 1 aliphatic heterocycles. The highest BCUT2D eigenvalue weighted by Crippen LogP contribution is 2.37. The van der Waals surface area contributed by atoms with E-state index >= 15 is 0 Å². The molecule has 0 saturated carbocycles. The van der Waals surface area contributed by atoms with E-state index in [1.54, 1.807) is 12.1 Å². The number of rotatable bonds is 5. The number of fused-ring (bicyclic) bond motifs is 1. The molecule has 112 valence electrons. The van der Waals surface area contributed by atoms with Crippen molar-refractivity contribution in [3.63, 3.8) is 0 Å². The Balaban J connectivity index is 2.06. The van der Waals surface area contributed by atoms with Gasteiger partial charge in [-0.05, 0) is 17.9 Å². The summed E-state index contributed by atoms with van der Waals surface area (Å²) in [7, 11) is 0. The predicted molar refractivity (Wildman–Crippen MR) is 76.0 cm³/mol. The molecular weight excluding hydrogens is 258 g/mol. The number of hydrogen-bond acceptors (Lipinski definition) is 5. The molecule has 1 aliphatic rings. The first-order valence-electron chi connectivity index (χ1n) is 6.87. The number of phenols is 1. The van der Waals surface area contributed by atoms with Crippen LogP contribution >= 0.6 is 0 Å². The van der Waals surface area contributed by atoms with Crippen LogP contribution < -0.4 is 14.8 Å². The molecule has 2 rings (SSSR count). The summed E-state index contributed by atoms with van der Waals surface area (Å²) in [5.41, 5.74) is 0.802. The molecule has 0 aliphatic carbocycles. The van der Waals surface area contributed by atoms with Crippen LogP contribution in [0.1, 0.15) is 32.8 Å². The summed E-state index contributed by atoms with van der Waals surface area (Å²) in [6.45, 7) is 7.23. The molecule has 0 saturated heterocycles. The zero-order valence-corrected chi connectivity index (χ0v) is 12.3. The number of ether oxygens (including phenoxy) is 2. The van der Waals surface area contributed by atoms with E-state index in [0.29, 0.717) is 24.5 Å². The number of nitrogens with one attached hydrogen (secondary N) is 1. The minimum atomic E-state index is 0.0364. The topological polar surface area (TPSA) is 71.0 Å². The lowest BCUT2D eigenvalue weighted by Crippen LogP contribution is -2.40. The van der Waals surface area contributed by atoms with E-state index in [0.717, 1.165) is 5.56 Å². The maximum atomic E-state index is 10.00. The maximum Gasteiger partial charge on any atom is 0.231 e. The Morgan fingerprint density at radius 1 is 1.25 bits per heavy atom. The van der Waals surface area contributed by atoms with Gasteiger partial charge in [-0.3, -0.25) is 0 Å². The lowest BCUT2D eigenvalue weighted by Gasteiger charge is -2.31. The number of aromatic hydroxyl groups is 1. The standard InChI is InChI=1S/C15H23NO4/c1-15(2,3)14(4-5-17)16-8-10-6-12-13(7-11(10)18)20-9-19-12/h6-7,14,16-18H,4-5,8-9H2,1-3H3. The van der Waals surface area contributed by atoms with Gasteiger partial charge in [-0.2, -0.15) is 0 Å². The number of phenolic OH excluding ortho intramolecular Hbond substituents is 1. The van der Waals surface area contributed by atoms with Gasteiger partial charge in [0.25, 0.3) is 0 Å². The van der Waals surface area contributed by atoms with Crippen LogP contribution in [0.3, 0.4) is 0 Å². The quantitative estimate of drug-likeness (QED) is 0.770. The summed E-state index contributed by atoms with van der Waals surface area (Å²) in [5, 5.41) is 22.5. The Hall–Kier alpha value is -1.46. The molecule has 0 radical (unpaired) electrons. The number of benzene rings is 1. The summed E-state index contributed by atoms with van der Waals surface area (Å²) in [5.74, 6) is 1.43. The van der Waals surface area contributed by atoms with E-state index in [4.69, 9.17) is 14.6 Å². The zero-order chi connectivity index (χ0) is 14.8. The highest BCUT2D eigenvalue weighted by Gasteiger charge is 2.24. The SMILES string of the molecule is CC(C)(C)C(CCO)NCc1cc2c(cc1O)OCO2. The predicted octanol–water partition coefficient (Wildman–Crippen LogP) is 2.01. The lowest BCUT2D eigenvalue weighted by atomic mass is 9.85. The Labute approximate surface area is 119 Å². The summed E-state index contributed by atoms with van der Waals surface area (Å²) in [4.78, 5) is 0. The first-order chi connectivity index (χ1) is 9.41. The number of hydrogen-bond donors (Lipinski definition) is 3. The molecule has 1 atom stereocenters. The number of aliphatic hydroxyl groups is 1. The third-order valence-corrected chi connectivity index (χ3v) is 3.58. The van der Waals surface area contributed by atoms with E-state index in [2.05, 4.69) is 26.1 Å². The van der Waals surface area contributed by atoms with Gasteiger partial charge < -0.3 is 25.0 Å². The van der Waals surface area contributed by atoms with Crippen molar-refractivity contribution in [2.45, 2.75) is 39.8 Å². The Kier molecular flexibility index (Phi) is 4.40. The third kappa shape index (κ3) is 3.35. The molecule has 0 aromatic heterocycles. The lowest BCUT2D eigenvalue weighted by molar-refractivity contribution is 0.174. The Morgan fingerprint density at radius 2 is 1.90 bits per heavy atom. The normalized spacial score (nSPS) is 15.4. The van der Waals surface area contributed by atoms with Crippen LogP contribution in [0, 0.1) is 5.41 Å². The average molecular weight is 281 g/mol. The highest BCUT2D eigenvalue weighted by molar-refractivity contribution is 5.51. The van der Waals surface area contributed by atoms with E-state index in [-0.39, 0.29) is 30.6 Å². The van der Waals surface area contributed by atoms with Crippen LogP contribution in [0.5, 0.6) is 17.2 Å². The van der Waals surface area contributed by atoms with Crippen LogP contribution in [-0.2, 0) is 6.54 Å². The molecule has 0 amide bonds. The fraction of sp³-hybridized carbons (Fsp3) is 0.600. The molecule has 1 aromatic carbocycles. The van der Waals surface area contributed by atoms with Crippen molar-refractivity contribution < 1.29 is 19.7 Å². The van der Waals surface area contributed by atoms with Crippen molar-refractivity contribution in [2.75, 3.05) is 13.4 Å². The Bertz CT molecular complexity index is 468. The Morgan fingerprint density at radius 3 is 2.50 bits per heavy atom. The summed E-state index contributed by atoms with van der Waals surface area (Å²) in [6, 6.07) is 3.54. The van der Waals surface area contributed by atoms with Gasteiger partial charge in [-0.25, -0.2) is 0 Å². The van der Waals surface area contributed by atoms with Crippen LogP contribution in [0.2, 0.25) is 0 Å². The van der Waals surface area contributed by atoms with Gasteiger partial charge in [0.15, 0.2) is 11.5 Å². The van der Waals surface area contributed by atoms with Crippen molar-refractivity contribution in [1.82, 2.24) is 5.32 Å². The largest absolute Gasteiger partial charge is 0.507 e. The van der Waals surface area contributed by atoms with Gasteiger partial charge in [-0.1, -0.05) is 20.8 Å². The second-order valence-corrected chi connectivity index (χ2v) is 6.15. The molecule has 0 fully saturated rings. The van der Waals surface area contributed by atoms with Crippen LogP contribution in [-0.4, -0.2) is 29.7 Å². The van der Waals surface area contributed by atoms with Gasteiger partial charge in [0.2, 0.25) is 6.79 Å². The van der Waals surface area contributed by atoms with Crippen molar-refractivity contribution in [1.29, 1.82) is 0 Å². The summed E-state index contributed by atoms with van der Waals surface area (Å²) >= 11 is 0. The average Bonchev–Trinajstić information content (AvgIpc) is 2.79. The molecule has 0 spiro atoms. The maximum absolute atomic E-state index is 10.00. The van der Waals surface area contributed by atoms with Crippen molar-refractivity contribution >= 4 is 0 Å². The first kappa shape index (κ1) is 14.9. The van der Waals surface area contributed by atoms with E-state index in [1.807, 2.05) is 0 Å². The van der Waals surface area contributed by atoms with Crippen LogP contribution in [0.25, 0.3) is 0 Å². The van der Waals surface area contributed by atoms with Gasteiger partial charge in [0, 0.05) is 30.8 Å². The summed E-state index contributed by atoms with van der Waals surface area (Å²) in [6.07, 6.45) is 0.675. The van der Waals surface area contributed by atoms with Gasteiger partial charge in [0.1, 0.15) is 5.75 Å². The second kappa shape index (κ2) is 5.89. The van der Waals surface area contributed by atoms with Gasteiger partial charge >= 0.3 is 0 Å². The van der Waals surface area contributed by atoms with Crippen molar-refractivity contribution in [3.05, 3.63) is 17.7 Å². The third-order valence-electron chi connectivity index (χ3n) is 3.58. The molecule has 1 unspecified atom stereocenters. The van der Waals surface area contributed by atoms with E-state index < -0.39 is 0 Å². The monoisotopic (exact) mass is 281 g/mol. The molecule has 20 heavy (non-hydrogen) atoms. The van der Waals surface area contributed by atoms with Crippen molar-refractivity contribution in [3.8, 4) is 17.2 Å². The molecule has 1 aromatic rings. The fourth-order valence-electron chi connectivity index (χ4n) is 2.32. The summed E-state index contributed by atoms with van der Waals surface area (Å²) < 4.78 is 10.5. The van der Waals surface area contributed by atoms with Crippen LogP contribution in [0.4, 0.5) is 0 Å². The van der Waals surface area contributed by atoms with Gasteiger partial charge in [0.05, 0.1) is 0 Å². The smallest absolute Gasteiger partial charge is 0.231 e. The molecule has 1 heterocycles. The minimum absolute atomic E-state index is 0.0364. The first-order valence-corrected chi connectivity index (χ1v) is 6.87. The molecule has 0 bridgehead atoms. The highest BCUT2D eigenvalue weighted by atomic mass is 16.7. The molecule has 5 heteroatoms. The number of aliphatic hydroxyl groups excluding tert-OH is 1. The minimum Gasteiger partial charge on any atom is -0.507 e. The van der Waals surface area contributed by atoms with Gasteiger partial charge in [-0.15, -0.1) is 0 Å². The molecular formula is C15H23NO4.